The summed E-state index contributed by atoms with van der Waals surface area (Å²) in [5.41, 5.74) is 1.65. The van der Waals surface area contributed by atoms with Crippen molar-refractivity contribution in [3.63, 3.8) is 0 Å². The van der Waals surface area contributed by atoms with Crippen molar-refractivity contribution in [1.29, 1.82) is 0 Å². The average Bonchev–Trinajstić information content (AvgIpc) is 3.09. The molecule has 1 saturated carbocycles. The van der Waals surface area contributed by atoms with Gasteiger partial charge in [0.25, 0.3) is 0 Å². The third-order valence-corrected chi connectivity index (χ3v) is 4.62. The molecule has 0 saturated heterocycles. The van der Waals surface area contributed by atoms with Gasteiger partial charge >= 0.3 is 5.97 Å². The van der Waals surface area contributed by atoms with Crippen LogP contribution in [0.25, 0.3) is 5.69 Å². The molecule has 0 radical (unpaired) electrons. The highest BCUT2D eigenvalue weighted by molar-refractivity contribution is 6.42. The SMILES string of the molecule is O=C(O)c1cn(-c2ccc(Cl)c(Cl)c2)nc1C1CCCC1. The van der Waals surface area contributed by atoms with E-state index in [0.29, 0.717) is 21.4 Å². The Morgan fingerprint density at radius 1 is 1.24 bits per heavy atom. The lowest BCUT2D eigenvalue weighted by molar-refractivity contribution is 0.0695. The molecule has 110 valence electrons. The number of halogens is 2. The summed E-state index contributed by atoms with van der Waals surface area (Å²) in [6.07, 6.45) is 5.81. The third kappa shape index (κ3) is 2.78. The van der Waals surface area contributed by atoms with Crippen molar-refractivity contribution in [2.24, 2.45) is 0 Å². The van der Waals surface area contributed by atoms with Crippen LogP contribution in [0.2, 0.25) is 10.0 Å². The van der Waals surface area contributed by atoms with Gasteiger partial charge in [0.15, 0.2) is 0 Å². The first-order valence-electron chi connectivity index (χ1n) is 6.84. The summed E-state index contributed by atoms with van der Waals surface area (Å²) in [5.74, 6) is -0.705. The molecule has 1 aromatic heterocycles. The second kappa shape index (κ2) is 5.70. The van der Waals surface area contributed by atoms with Gasteiger partial charge in [0.05, 0.1) is 21.4 Å². The van der Waals surface area contributed by atoms with Gasteiger partial charge in [-0.2, -0.15) is 5.10 Å². The fraction of sp³-hybridized carbons (Fsp3) is 0.333. The number of benzene rings is 1. The molecule has 0 spiro atoms. The molecule has 0 atom stereocenters. The molecule has 1 N–H and O–H groups in total. The molecule has 1 aliphatic rings. The van der Waals surface area contributed by atoms with Crippen LogP contribution < -0.4 is 0 Å². The van der Waals surface area contributed by atoms with Gasteiger partial charge in [-0.25, -0.2) is 9.48 Å². The lowest BCUT2D eigenvalue weighted by Gasteiger charge is -2.06. The van der Waals surface area contributed by atoms with E-state index in [0.717, 1.165) is 25.7 Å². The Bertz CT molecular complexity index is 691. The predicted octanol–water partition coefficient (Wildman–Crippen LogP) is 4.53. The average molecular weight is 325 g/mol. The Kier molecular flexibility index (Phi) is 3.91. The minimum Gasteiger partial charge on any atom is -0.478 e. The Balaban J connectivity index is 2.04. The first-order chi connectivity index (χ1) is 10.1. The molecule has 0 bridgehead atoms. The maximum Gasteiger partial charge on any atom is 0.339 e. The van der Waals surface area contributed by atoms with Crippen LogP contribution in [-0.2, 0) is 0 Å². The number of carboxylic acid groups (broad SMARTS) is 1. The van der Waals surface area contributed by atoms with Crippen LogP contribution in [-0.4, -0.2) is 20.9 Å². The maximum atomic E-state index is 11.4. The molecule has 4 nitrogen and oxygen atoms in total. The van der Waals surface area contributed by atoms with Gasteiger partial charge in [0.2, 0.25) is 0 Å². The van der Waals surface area contributed by atoms with Crippen LogP contribution >= 0.6 is 23.2 Å². The van der Waals surface area contributed by atoms with E-state index in [2.05, 4.69) is 5.10 Å². The highest BCUT2D eigenvalue weighted by atomic mass is 35.5. The summed E-state index contributed by atoms with van der Waals surface area (Å²) in [7, 11) is 0. The van der Waals surface area contributed by atoms with Crippen molar-refractivity contribution >= 4 is 29.2 Å². The normalized spacial score (nSPS) is 15.5. The van der Waals surface area contributed by atoms with Crippen LogP contribution in [0.5, 0.6) is 0 Å². The van der Waals surface area contributed by atoms with Crippen molar-refractivity contribution < 1.29 is 9.90 Å². The summed E-state index contributed by atoms with van der Waals surface area (Å²) in [5, 5.41) is 14.8. The van der Waals surface area contributed by atoms with Gasteiger partial charge in [0, 0.05) is 12.1 Å². The maximum absolute atomic E-state index is 11.4. The Labute approximate surface area is 132 Å². The molecule has 21 heavy (non-hydrogen) atoms. The fourth-order valence-corrected chi connectivity index (χ4v) is 3.10. The Morgan fingerprint density at radius 3 is 2.57 bits per heavy atom. The summed E-state index contributed by atoms with van der Waals surface area (Å²) < 4.78 is 1.57. The second-order valence-electron chi connectivity index (χ2n) is 5.26. The molecular formula is C15H14Cl2N2O2. The number of nitrogens with zero attached hydrogens (tertiary/aromatic N) is 2. The molecular weight excluding hydrogens is 311 g/mol. The number of carbonyl (C=O) groups is 1. The number of rotatable bonds is 3. The van der Waals surface area contributed by atoms with E-state index in [-0.39, 0.29) is 11.5 Å². The summed E-state index contributed by atoms with van der Waals surface area (Å²) in [4.78, 5) is 11.4. The Morgan fingerprint density at radius 2 is 1.95 bits per heavy atom. The fourth-order valence-electron chi connectivity index (χ4n) is 2.81. The van der Waals surface area contributed by atoms with Gasteiger partial charge in [-0.1, -0.05) is 36.0 Å². The molecule has 1 aromatic carbocycles. The molecule has 1 heterocycles. The van der Waals surface area contributed by atoms with Gasteiger partial charge < -0.3 is 5.11 Å². The summed E-state index contributed by atoms with van der Waals surface area (Å²) in [6.45, 7) is 0. The molecule has 1 fully saturated rings. The lowest BCUT2D eigenvalue weighted by atomic mass is 10.0. The highest BCUT2D eigenvalue weighted by Gasteiger charge is 2.26. The van der Waals surface area contributed by atoms with E-state index in [9.17, 15) is 9.90 Å². The molecule has 2 aromatic rings. The van der Waals surface area contributed by atoms with Crippen molar-refractivity contribution in [3.05, 3.63) is 45.7 Å². The highest BCUT2D eigenvalue weighted by Crippen LogP contribution is 2.35. The second-order valence-corrected chi connectivity index (χ2v) is 6.07. The zero-order valence-corrected chi connectivity index (χ0v) is 12.7. The Hall–Kier alpha value is -1.52. The zero-order chi connectivity index (χ0) is 15.0. The van der Waals surface area contributed by atoms with E-state index >= 15 is 0 Å². The number of carboxylic acids is 1. The molecule has 0 aliphatic heterocycles. The molecule has 0 unspecified atom stereocenters. The molecule has 6 heteroatoms. The first-order valence-corrected chi connectivity index (χ1v) is 7.60. The van der Waals surface area contributed by atoms with Crippen molar-refractivity contribution in [2.45, 2.75) is 31.6 Å². The van der Waals surface area contributed by atoms with Crippen LogP contribution in [0.15, 0.2) is 24.4 Å². The summed E-state index contributed by atoms with van der Waals surface area (Å²) in [6, 6.07) is 5.13. The quantitative estimate of drug-likeness (QED) is 0.902. The van der Waals surface area contributed by atoms with Crippen LogP contribution in [0, 0.1) is 0 Å². The zero-order valence-electron chi connectivity index (χ0n) is 11.2. The molecule has 0 amide bonds. The van der Waals surface area contributed by atoms with E-state index < -0.39 is 5.97 Å². The standard InChI is InChI=1S/C15H14Cl2N2O2/c16-12-6-5-10(7-13(12)17)19-8-11(15(20)21)14(18-19)9-3-1-2-4-9/h5-9H,1-4H2,(H,20,21). The van der Waals surface area contributed by atoms with Gasteiger partial charge in [0.1, 0.15) is 5.56 Å². The number of hydrogen-bond acceptors (Lipinski definition) is 2. The predicted molar refractivity (Wildman–Crippen MR) is 81.8 cm³/mol. The summed E-state index contributed by atoms with van der Waals surface area (Å²) >= 11 is 11.9. The first kappa shape index (κ1) is 14.4. The van der Waals surface area contributed by atoms with Crippen molar-refractivity contribution in [1.82, 2.24) is 9.78 Å². The monoisotopic (exact) mass is 324 g/mol. The third-order valence-electron chi connectivity index (χ3n) is 3.88. The van der Waals surface area contributed by atoms with Gasteiger partial charge in [-0.05, 0) is 31.0 Å². The molecule has 3 rings (SSSR count). The number of hydrogen-bond donors (Lipinski definition) is 1. The van der Waals surface area contributed by atoms with Crippen LogP contribution in [0.4, 0.5) is 0 Å². The van der Waals surface area contributed by atoms with Crippen LogP contribution in [0.1, 0.15) is 47.7 Å². The van der Waals surface area contributed by atoms with E-state index in [4.69, 9.17) is 23.2 Å². The van der Waals surface area contributed by atoms with Crippen molar-refractivity contribution in [3.8, 4) is 5.69 Å². The largest absolute Gasteiger partial charge is 0.478 e. The number of aromatic nitrogens is 2. The minimum absolute atomic E-state index is 0.236. The molecule has 1 aliphatic carbocycles. The van der Waals surface area contributed by atoms with E-state index in [1.807, 2.05) is 0 Å². The minimum atomic E-state index is -0.941. The van der Waals surface area contributed by atoms with E-state index in [1.165, 1.54) is 0 Å². The smallest absolute Gasteiger partial charge is 0.339 e. The van der Waals surface area contributed by atoms with Crippen LogP contribution in [0.3, 0.4) is 0 Å². The van der Waals surface area contributed by atoms with Gasteiger partial charge in [-0.15, -0.1) is 0 Å². The topological polar surface area (TPSA) is 55.1 Å². The van der Waals surface area contributed by atoms with Crippen molar-refractivity contribution in [2.75, 3.05) is 0 Å². The lowest BCUT2D eigenvalue weighted by Crippen LogP contribution is -2.03. The van der Waals surface area contributed by atoms with E-state index in [1.54, 1.807) is 29.1 Å². The van der Waals surface area contributed by atoms with Gasteiger partial charge in [-0.3, -0.25) is 0 Å². The number of aromatic carboxylic acids is 1.